The zero-order valence-electron chi connectivity index (χ0n) is 13.9. The molecule has 2 amide bonds. The van der Waals surface area contributed by atoms with Gasteiger partial charge in [-0.2, -0.15) is 0 Å². The molecular weight excluding hydrogens is 332 g/mol. The van der Waals surface area contributed by atoms with Crippen LogP contribution >= 0.6 is 11.8 Å². The Labute approximate surface area is 151 Å². The van der Waals surface area contributed by atoms with Gasteiger partial charge in [0.2, 0.25) is 11.8 Å². The molecule has 0 bridgehead atoms. The number of nitrogens with zero attached hydrogens (tertiary/aromatic N) is 1. The standard InChI is InChI=1S/C20H20N2O2S/c21-15-9-3-4-11-17(15)25-18-12-19(23)22(20(18)24)16-10-5-7-13-6-1-2-8-14(13)16/h3-5,7,9-11,18H,1-2,6,8,12,21H2. The molecule has 5 heteroatoms. The molecule has 1 atom stereocenters. The van der Waals surface area contributed by atoms with E-state index in [4.69, 9.17) is 5.73 Å². The Bertz CT molecular complexity index is 849. The normalized spacial score (nSPS) is 20.0. The summed E-state index contributed by atoms with van der Waals surface area (Å²) in [6.45, 7) is 0. The monoisotopic (exact) mass is 352 g/mol. The lowest BCUT2D eigenvalue weighted by Crippen LogP contribution is -2.32. The van der Waals surface area contributed by atoms with Gasteiger partial charge in [0.05, 0.1) is 10.9 Å². The number of hydrogen-bond donors (Lipinski definition) is 1. The van der Waals surface area contributed by atoms with Gasteiger partial charge in [0.25, 0.3) is 0 Å². The van der Waals surface area contributed by atoms with Gasteiger partial charge in [-0.1, -0.05) is 24.3 Å². The minimum atomic E-state index is -0.406. The first-order valence-electron chi connectivity index (χ1n) is 8.64. The van der Waals surface area contributed by atoms with Crippen LogP contribution in [0, 0.1) is 0 Å². The lowest BCUT2D eigenvalue weighted by molar-refractivity contribution is -0.121. The Balaban J connectivity index is 1.63. The Kier molecular flexibility index (Phi) is 4.25. The van der Waals surface area contributed by atoms with Gasteiger partial charge in [-0.05, 0) is 55.0 Å². The molecule has 2 N–H and O–H groups in total. The number of thioether (sulfide) groups is 1. The SMILES string of the molecule is Nc1ccccc1SC1CC(=O)N(c2cccc3c2CCCC3)C1=O. The lowest BCUT2D eigenvalue weighted by atomic mass is 9.90. The van der Waals surface area contributed by atoms with E-state index in [1.807, 2.05) is 36.4 Å². The van der Waals surface area contributed by atoms with E-state index >= 15 is 0 Å². The third-order valence-electron chi connectivity index (χ3n) is 4.91. The molecule has 1 fully saturated rings. The smallest absolute Gasteiger partial charge is 0.247 e. The fourth-order valence-corrected chi connectivity index (χ4v) is 4.76. The van der Waals surface area contributed by atoms with Gasteiger partial charge in [-0.3, -0.25) is 9.59 Å². The van der Waals surface area contributed by atoms with E-state index in [1.165, 1.54) is 34.2 Å². The molecule has 1 saturated heterocycles. The molecule has 0 spiro atoms. The van der Waals surface area contributed by atoms with E-state index in [1.54, 1.807) is 0 Å². The number of anilines is 2. The average Bonchev–Trinajstić information content (AvgIpc) is 2.90. The second kappa shape index (κ2) is 6.56. The van der Waals surface area contributed by atoms with Crippen molar-refractivity contribution >= 4 is 35.0 Å². The number of carbonyl (C=O) groups excluding carboxylic acids is 2. The van der Waals surface area contributed by atoms with Crippen molar-refractivity contribution in [2.24, 2.45) is 0 Å². The van der Waals surface area contributed by atoms with Crippen LogP contribution < -0.4 is 10.6 Å². The Morgan fingerprint density at radius 1 is 1.00 bits per heavy atom. The third kappa shape index (κ3) is 2.93. The van der Waals surface area contributed by atoms with Gasteiger partial charge >= 0.3 is 0 Å². The molecule has 4 rings (SSSR count). The first-order valence-corrected chi connectivity index (χ1v) is 9.52. The largest absolute Gasteiger partial charge is 0.398 e. The molecule has 2 aromatic rings. The number of fused-ring (bicyclic) bond motifs is 1. The maximum absolute atomic E-state index is 13.0. The summed E-state index contributed by atoms with van der Waals surface area (Å²) in [7, 11) is 0. The molecule has 2 aromatic carbocycles. The Morgan fingerprint density at radius 3 is 2.64 bits per heavy atom. The maximum atomic E-state index is 13.0. The zero-order chi connectivity index (χ0) is 17.4. The van der Waals surface area contributed by atoms with Gasteiger partial charge in [0, 0.05) is 17.0 Å². The number of nitrogen functional groups attached to an aromatic ring is 1. The number of imide groups is 1. The minimum absolute atomic E-state index is 0.115. The molecular formula is C20H20N2O2S. The number of carbonyl (C=O) groups is 2. The van der Waals surface area contributed by atoms with Crippen molar-refractivity contribution in [1.82, 2.24) is 0 Å². The van der Waals surface area contributed by atoms with Gasteiger partial charge in [0.15, 0.2) is 0 Å². The number of aryl methyl sites for hydroxylation is 1. The average molecular weight is 352 g/mol. The number of rotatable bonds is 3. The predicted octanol–water partition coefficient (Wildman–Crippen LogP) is 3.57. The second-order valence-electron chi connectivity index (χ2n) is 6.54. The van der Waals surface area contributed by atoms with Crippen molar-refractivity contribution in [3.63, 3.8) is 0 Å². The summed E-state index contributed by atoms with van der Waals surface area (Å²) in [5.74, 6) is -0.242. The fourth-order valence-electron chi connectivity index (χ4n) is 3.66. The van der Waals surface area contributed by atoms with Crippen molar-refractivity contribution in [3.8, 4) is 0 Å². The topological polar surface area (TPSA) is 63.4 Å². The van der Waals surface area contributed by atoms with Gasteiger partial charge < -0.3 is 5.73 Å². The molecule has 25 heavy (non-hydrogen) atoms. The zero-order valence-corrected chi connectivity index (χ0v) is 14.7. The van der Waals surface area contributed by atoms with Gasteiger partial charge in [-0.25, -0.2) is 4.90 Å². The third-order valence-corrected chi connectivity index (χ3v) is 6.18. The van der Waals surface area contributed by atoms with E-state index in [2.05, 4.69) is 6.07 Å². The second-order valence-corrected chi connectivity index (χ2v) is 7.78. The van der Waals surface area contributed by atoms with Crippen LogP contribution in [0.3, 0.4) is 0 Å². The molecule has 1 unspecified atom stereocenters. The summed E-state index contributed by atoms with van der Waals surface area (Å²) >= 11 is 1.39. The molecule has 128 valence electrons. The molecule has 0 radical (unpaired) electrons. The number of nitrogens with two attached hydrogens (primary N) is 1. The summed E-state index contributed by atoms with van der Waals surface area (Å²) < 4.78 is 0. The quantitative estimate of drug-likeness (QED) is 0.677. The van der Waals surface area contributed by atoms with Crippen LogP contribution in [0.15, 0.2) is 47.4 Å². The molecule has 0 aromatic heterocycles. The van der Waals surface area contributed by atoms with E-state index in [0.29, 0.717) is 5.69 Å². The summed E-state index contributed by atoms with van der Waals surface area (Å²) in [6.07, 6.45) is 4.47. The van der Waals surface area contributed by atoms with Crippen LogP contribution in [0.25, 0.3) is 0 Å². The first kappa shape index (κ1) is 16.2. The molecule has 4 nitrogen and oxygen atoms in total. The van der Waals surface area contributed by atoms with Crippen LogP contribution in [0.4, 0.5) is 11.4 Å². The van der Waals surface area contributed by atoms with Crippen molar-refractivity contribution in [2.45, 2.75) is 42.2 Å². The summed E-state index contributed by atoms with van der Waals surface area (Å²) in [5.41, 5.74) is 9.85. The summed E-state index contributed by atoms with van der Waals surface area (Å²) in [5, 5.41) is -0.406. The first-order chi connectivity index (χ1) is 12.1. The van der Waals surface area contributed by atoms with Crippen molar-refractivity contribution < 1.29 is 9.59 Å². The van der Waals surface area contributed by atoms with Crippen LogP contribution in [-0.4, -0.2) is 17.1 Å². The van der Waals surface area contributed by atoms with Crippen molar-refractivity contribution in [2.75, 3.05) is 10.6 Å². The van der Waals surface area contributed by atoms with Crippen LogP contribution in [0.2, 0.25) is 0 Å². The Hall–Kier alpha value is -2.27. The number of para-hydroxylation sites is 1. The highest BCUT2D eigenvalue weighted by atomic mass is 32.2. The molecule has 0 saturated carbocycles. The predicted molar refractivity (Wildman–Crippen MR) is 101 cm³/mol. The highest BCUT2D eigenvalue weighted by Crippen LogP contribution is 2.38. The fraction of sp³-hybridized carbons (Fsp3) is 0.300. The van der Waals surface area contributed by atoms with Crippen LogP contribution in [0.1, 0.15) is 30.4 Å². The number of hydrogen-bond acceptors (Lipinski definition) is 4. The summed E-state index contributed by atoms with van der Waals surface area (Å²) in [4.78, 5) is 27.8. The van der Waals surface area contributed by atoms with Crippen molar-refractivity contribution in [1.29, 1.82) is 0 Å². The van der Waals surface area contributed by atoms with Crippen LogP contribution in [-0.2, 0) is 22.4 Å². The number of amides is 2. The Morgan fingerprint density at radius 2 is 1.80 bits per heavy atom. The van der Waals surface area contributed by atoms with Crippen molar-refractivity contribution in [3.05, 3.63) is 53.6 Å². The molecule has 1 aliphatic heterocycles. The van der Waals surface area contributed by atoms with E-state index in [9.17, 15) is 9.59 Å². The highest BCUT2D eigenvalue weighted by molar-refractivity contribution is 8.00. The van der Waals surface area contributed by atoms with E-state index in [-0.39, 0.29) is 18.2 Å². The van der Waals surface area contributed by atoms with Crippen LogP contribution in [0.5, 0.6) is 0 Å². The van der Waals surface area contributed by atoms with E-state index < -0.39 is 5.25 Å². The lowest BCUT2D eigenvalue weighted by Gasteiger charge is -2.24. The van der Waals surface area contributed by atoms with E-state index in [0.717, 1.165) is 29.8 Å². The summed E-state index contributed by atoms with van der Waals surface area (Å²) in [6, 6.07) is 13.4. The van der Waals surface area contributed by atoms with Gasteiger partial charge in [-0.15, -0.1) is 11.8 Å². The molecule has 2 aliphatic rings. The number of benzene rings is 2. The van der Waals surface area contributed by atoms with Gasteiger partial charge in [0.1, 0.15) is 0 Å². The minimum Gasteiger partial charge on any atom is -0.398 e. The molecule has 1 heterocycles. The molecule has 1 aliphatic carbocycles. The maximum Gasteiger partial charge on any atom is 0.247 e. The highest BCUT2D eigenvalue weighted by Gasteiger charge is 2.41.